The predicted octanol–water partition coefficient (Wildman–Crippen LogP) is 2.68. The Balaban J connectivity index is 2.46. The zero-order valence-corrected chi connectivity index (χ0v) is 10.7. The van der Waals surface area contributed by atoms with Crippen LogP contribution in [-0.2, 0) is 9.53 Å². The van der Waals surface area contributed by atoms with Crippen molar-refractivity contribution in [2.45, 2.75) is 6.92 Å². The van der Waals surface area contributed by atoms with Gasteiger partial charge in [0.1, 0.15) is 0 Å². The maximum Gasteiger partial charge on any atom is 0.379 e. The largest absolute Gasteiger partial charge is 0.460 e. The van der Waals surface area contributed by atoms with E-state index in [1.165, 1.54) is 6.20 Å². The first-order valence-corrected chi connectivity index (χ1v) is 5.91. The number of nitrogens with one attached hydrogen (secondary N) is 1. The predicted molar refractivity (Wildman–Crippen MR) is 67.0 cm³/mol. The van der Waals surface area contributed by atoms with Gasteiger partial charge >= 0.3 is 5.97 Å². The molecule has 0 aliphatic heterocycles. The number of hydrogen-bond acceptors (Lipinski definition) is 3. The number of hydrogen-bond donors (Lipinski definition) is 1. The van der Waals surface area contributed by atoms with Gasteiger partial charge in [0.2, 0.25) is 0 Å². The monoisotopic (exact) mass is 295 g/mol. The van der Waals surface area contributed by atoms with Gasteiger partial charge in [0.05, 0.1) is 17.7 Å². The van der Waals surface area contributed by atoms with E-state index in [0.29, 0.717) is 10.9 Å². The maximum absolute atomic E-state index is 11.8. The molecule has 0 radical (unpaired) electrons. The lowest BCUT2D eigenvalue weighted by atomic mass is 10.1. The molecule has 88 valence electrons. The first kappa shape index (κ1) is 11.9. The first-order valence-electron chi connectivity index (χ1n) is 5.12. The van der Waals surface area contributed by atoms with Gasteiger partial charge in [-0.1, -0.05) is 12.1 Å². The fourth-order valence-electron chi connectivity index (χ4n) is 1.61. The molecule has 1 aromatic carbocycles. The van der Waals surface area contributed by atoms with Crippen LogP contribution >= 0.6 is 15.9 Å². The normalized spacial score (nSPS) is 10.5. The molecular weight excluding hydrogens is 286 g/mol. The van der Waals surface area contributed by atoms with Crippen molar-refractivity contribution >= 4 is 38.6 Å². The quantitative estimate of drug-likeness (QED) is 0.538. The number of carbonyl (C=O) groups excluding carboxylic acids is 2. The summed E-state index contributed by atoms with van der Waals surface area (Å²) in [7, 11) is 0. The van der Waals surface area contributed by atoms with Gasteiger partial charge in [0, 0.05) is 16.1 Å². The van der Waals surface area contributed by atoms with Crippen molar-refractivity contribution < 1.29 is 14.3 Å². The third kappa shape index (κ3) is 2.10. The molecule has 0 aliphatic rings. The molecule has 2 aromatic rings. The van der Waals surface area contributed by atoms with Crippen LogP contribution in [0.25, 0.3) is 10.9 Å². The fraction of sp³-hybridized carbons (Fsp3) is 0.167. The minimum atomic E-state index is -0.826. The Bertz CT molecular complexity index is 588. The molecule has 1 heterocycles. The van der Waals surface area contributed by atoms with Crippen LogP contribution in [0, 0.1) is 0 Å². The number of carbonyl (C=O) groups is 2. The van der Waals surface area contributed by atoms with E-state index in [2.05, 4.69) is 20.9 Å². The highest BCUT2D eigenvalue weighted by molar-refractivity contribution is 9.10. The van der Waals surface area contributed by atoms with Crippen LogP contribution in [0.2, 0.25) is 0 Å². The van der Waals surface area contributed by atoms with E-state index in [0.717, 1.165) is 9.99 Å². The Morgan fingerprint density at radius 3 is 2.88 bits per heavy atom. The molecule has 0 bridgehead atoms. The van der Waals surface area contributed by atoms with Crippen molar-refractivity contribution in [3.8, 4) is 0 Å². The molecule has 0 saturated carbocycles. The number of esters is 1. The lowest BCUT2D eigenvalue weighted by Crippen LogP contribution is -2.17. The molecule has 0 aliphatic carbocycles. The number of H-pyrrole nitrogens is 1. The fourth-order valence-corrected chi connectivity index (χ4v) is 2.09. The Hall–Kier alpha value is -1.62. The van der Waals surface area contributed by atoms with E-state index >= 15 is 0 Å². The van der Waals surface area contributed by atoms with Crippen molar-refractivity contribution in [1.82, 2.24) is 4.98 Å². The number of para-hydroxylation sites is 1. The first-order chi connectivity index (χ1) is 8.15. The molecule has 4 nitrogen and oxygen atoms in total. The Labute approximate surface area is 106 Å². The van der Waals surface area contributed by atoms with Gasteiger partial charge < -0.3 is 9.72 Å². The molecule has 1 aromatic heterocycles. The zero-order chi connectivity index (χ0) is 12.4. The Kier molecular flexibility index (Phi) is 3.28. The minimum absolute atomic E-state index is 0.191. The van der Waals surface area contributed by atoms with Gasteiger partial charge in [0.25, 0.3) is 5.78 Å². The highest BCUT2D eigenvalue weighted by Crippen LogP contribution is 2.25. The summed E-state index contributed by atoms with van der Waals surface area (Å²) >= 11 is 3.37. The Morgan fingerprint density at radius 2 is 2.18 bits per heavy atom. The van der Waals surface area contributed by atoms with Crippen LogP contribution in [0.4, 0.5) is 0 Å². The highest BCUT2D eigenvalue weighted by atomic mass is 79.9. The summed E-state index contributed by atoms with van der Waals surface area (Å²) in [6.45, 7) is 1.85. The summed E-state index contributed by atoms with van der Waals surface area (Å²) in [5.41, 5.74) is 1.12. The summed E-state index contributed by atoms with van der Waals surface area (Å²) in [6.07, 6.45) is 1.52. The lowest BCUT2D eigenvalue weighted by molar-refractivity contribution is -0.137. The second-order valence-corrected chi connectivity index (χ2v) is 4.27. The van der Waals surface area contributed by atoms with Gasteiger partial charge in [-0.2, -0.15) is 0 Å². The highest BCUT2D eigenvalue weighted by Gasteiger charge is 2.21. The molecule has 17 heavy (non-hydrogen) atoms. The number of ketones is 1. The van der Waals surface area contributed by atoms with Crippen LogP contribution in [0.3, 0.4) is 0 Å². The summed E-state index contributed by atoms with van der Waals surface area (Å²) in [6, 6.07) is 5.45. The molecule has 0 saturated heterocycles. The molecule has 0 unspecified atom stereocenters. The number of rotatable bonds is 3. The van der Waals surface area contributed by atoms with Gasteiger partial charge in [-0.05, 0) is 28.9 Å². The minimum Gasteiger partial charge on any atom is -0.460 e. The van der Waals surface area contributed by atoms with Gasteiger partial charge in [-0.3, -0.25) is 4.79 Å². The van der Waals surface area contributed by atoms with Crippen LogP contribution in [-0.4, -0.2) is 23.3 Å². The van der Waals surface area contributed by atoms with Gasteiger partial charge in [-0.25, -0.2) is 4.79 Å². The van der Waals surface area contributed by atoms with Crippen molar-refractivity contribution in [3.05, 3.63) is 34.4 Å². The van der Waals surface area contributed by atoms with Crippen molar-refractivity contribution in [1.29, 1.82) is 0 Å². The van der Waals surface area contributed by atoms with Crippen LogP contribution in [0.5, 0.6) is 0 Å². The topological polar surface area (TPSA) is 59.2 Å². The van der Waals surface area contributed by atoms with Gasteiger partial charge in [0.15, 0.2) is 0 Å². The summed E-state index contributed by atoms with van der Waals surface area (Å²) in [5.74, 6) is -1.45. The Morgan fingerprint density at radius 1 is 1.41 bits per heavy atom. The molecule has 0 amide bonds. The zero-order valence-electron chi connectivity index (χ0n) is 9.12. The van der Waals surface area contributed by atoms with Gasteiger partial charge in [-0.15, -0.1) is 0 Å². The van der Waals surface area contributed by atoms with E-state index < -0.39 is 11.8 Å². The van der Waals surface area contributed by atoms with Crippen LogP contribution in [0.15, 0.2) is 28.9 Å². The molecule has 0 atom stereocenters. The molecular formula is C12H10BrNO3. The number of Topliss-reactive ketones (excluding diaryl/α,β-unsaturated/α-hetero) is 1. The number of aromatic amines is 1. The summed E-state index contributed by atoms with van der Waals surface area (Å²) in [4.78, 5) is 26.1. The average Bonchev–Trinajstić information content (AvgIpc) is 2.73. The van der Waals surface area contributed by atoms with Crippen molar-refractivity contribution in [3.63, 3.8) is 0 Å². The second kappa shape index (κ2) is 4.71. The number of halogens is 1. The summed E-state index contributed by atoms with van der Waals surface area (Å²) in [5, 5.41) is 0.706. The SMILES string of the molecule is CCOC(=O)C(=O)c1c[nH]c2c(Br)cccc12. The van der Waals surface area contributed by atoms with E-state index in [9.17, 15) is 9.59 Å². The molecule has 1 N–H and O–H groups in total. The van der Waals surface area contributed by atoms with Crippen LogP contribution in [0.1, 0.15) is 17.3 Å². The van der Waals surface area contributed by atoms with E-state index in [1.54, 1.807) is 13.0 Å². The smallest absolute Gasteiger partial charge is 0.379 e. The third-order valence-corrected chi connectivity index (χ3v) is 3.03. The average molecular weight is 296 g/mol. The molecule has 5 heteroatoms. The molecule has 0 fully saturated rings. The van der Waals surface area contributed by atoms with E-state index in [-0.39, 0.29) is 6.61 Å². The van der Waals surface area contributed by atoms with E-state index in [1.807, 2.05) is 12.1 Å². The standard InChI is InChI=1S/C12H10BrNO3/c1-2-17-12(16)11(15)8-6-14-10-7(8)4-3-5-9(10)13/h3-6,14H,2H2,1H3. The molecule has 0 spiro atoms. The van der Waals surface area contributed by atoms with E-state index in [4.69, 9.17) is 4.74 Å². The number of benzene rings is 1. The van der Waals surface area contributed by atoms with Crippen molar-refractivity contribution in [2.75, 3.05) is 6.61 Å². The number of ether oxygens (including phenoxy) is 1. The maximum atomic E-state index is 11.8. The third-order valence-electron chi connectivity index (χ3n) is 2.37. The molecule has 2 rings (SSSR count). The van der Waals surface area contributed by atoms with Crippen LogP contribution < -0.4 is 0 Å². The second-order valence-electron chi connectivity index (χ2n) is 3.41. The summed E-state index contributed by atoms with van der Waals surface area (Å²) < 4.78 is 5.54. The van der Waals surface area contributed by atoms with Crippen molar-refractivity contribution in [2.24, 2.45) is 0 Å². The number of aromatic nitrogens is 1. The lowest BCUT2D eigenvalue weighted by Gasteiger charge is -1.99. The number of fused-ring (bicyclic) bond motifs is 1.